The van der Waals surface area contributed by atoms with E-state index in [1.807, 2.05) is 30.3 Å². The van der Waals surface area contributed by atoms with Crippen molar-refractivity contribution in [3.63, 3.8) is 0 Å². The van der Waals surface area contributed by atoms with Crippen LogP contribution in [0.2, 0.25) is 0 Å². The van der Waals surface area contributed by atoms with Crippen LogP contribution in [-0.2, 0) is 25.6 Å². The Bertz CT molecular complexity index is 918. The number of aliphatic carboxylic acids is 1. The first-order valence-corrected chi connectivity index (χ1v) is 11.6. The van der Waals surface area contributed by atoms with Crippen LogP contribution in [0.4, 0.5) is 0 Å². The van der Waals surface area contributed by atoms with Crippen LogP contribution in [0.1, 0.15) is 38.2 Å². The Hall–Kier alpha value is -3.67. The molecule has 1 saturated heterocycles. The lowest BCUT2D eigenvalue weighted by atomic mass is 10.0. The van der Waals surface area contributed by atoms with Gasteiger partial charge in [0.05, 0.1) is 6.04 Å². The second kappa shape index (κ2) is 13.3. The summed E-state index contributed by atoms with van der Waals surface area (Å²) >= 11 is 0. The van der Waals surface area contributed by atoms with Crippen LogP contribution in [0.15, 0.2) is 35.3 Å². The van der Waals surface area contributed by atoms with E-state index in [0.29, 0.717) is 25.8 Å². The molecule has 0 saturated carbocycles. The fourth-order valence-electron chi connectivity index (χ4n) is 3.89. The number of amides is 3. The first-order chi connectivity index (χ1) is 16.6. The molecule has 1 fully saturated rings. The molecule has 4 atom stereocenters. The van der Waals surface area contributed by atoms with Gasteiger partial charge in [0.2, 0.25) is 17.7 Å². The third kappa shape index (κ3) is 8.56. The molecule has 0 radical (unpaired) electrons. The Labute approximate surface area is 204 Å². The topological polar surface area (TPSA) is 206 Å². The molecule has 12 nitrogen and oxygen atoms in total. The van der Waals surface area contributed by atoms with Crippen LogP contribution in [-0.4, -0.2) is 76.9 Å². The van der Waals surface area contributed by atoms with Crippen molar-refractivity contribution in [3.05, 3.63) is 35.9 Å². The third-order valence-electron chi connectivity index (χ3n) is 5.71. The van der Waals surface area contributed by atoms with Crippen molar-refractivity contribution in [1.29, 1.82) is 0 Å². The number of nitrogens with zero attached hydrogens (tertiary/aromatic N) is 2. The normalized spacial score (nSPS) is 17.7. The Balaban J connectivity index is 2.11. The number of likely N-dealkylation sites (tertiary alicyclic amines) is 1. The average molecular weight is 490 g/mol. The highest BCUT2D eigenvalue weighted by atomic mass is 16.4. The number of nitrogens with two attached hydrogens (primary N) is 3. The minimum Gasteiger partial charge on any atom is -0.480 e. The highest BCUT2D eigenvalue weighted by Gasteiger charge is 2.39. The third-order valence-corrected chi connectivity index (χ3v) is 5.71. The molecule has 2 rings (SSSR count). The van der Waals surface area contributed by atoms with E-state index in [1.54, 1.807) is 0 Å². The molecule has 3 amide bonds. The highest BCUT2D eigenvalue weighted by molar-refractivity contribution is 5.94. The molecule has 0 spiro atoms. The Morgan fingerprint density at radius 2 is 1.83 bits per heavy atom. The number of aliphatic imine (C=N–C) groups is 1. The molecule has 1 aliphatic heterocycles. The van der Waals surface area contributed by atoms with E-state index in [4.69, 9.17) is 17.2 Å². The lowest BCUT2D eigenvalue weighted by Crippen LogP contribution is -2.57. The Kier molecular flexibility index (Phi) is 10.5. The fraction of sp³-hybridized carbons (Fsp3) is 0.522. The molecule has 1 aromatic rings. The summed E-state index contributed by atoms with van der Waals surface area (Å²) in [6, 6.07) is 5.47. The number of hydrogen-bond acceptors (Lipinski definition) is 6. The van der Waals surface area contributed by atoms with Gasteiger partial charge < -0.3 is 37.8 Å². The number of nitrogens with one attached hydrogen (secondary N) is 2. The fourth-order valence-corrected chi connectivity index (χ4v) is 3.89. The van der Waals surface area contributed by atoms with Gasteiger partial charge in [-0.2, -0.15) is 0 Å². The maximum absolute atomic E-state index is 13.5. The summed E-state index contributed by atoms with van der Waals surface area (Å²) < 4.78 is 0. The standard InChI is InChI=1S/C23H35N7O5/c1-14(24)19(31)29-17(13-15-7-3-2-4-8-15)21(33)30-12-6-10-18(30)20(32)28-16(22(34)35)9-5-11-27-23(25)26/h2-4,7-8,14,16-18H,5-6,9-13,24H2,1H3,(H,28,32)(H,29,31)(H,34,35)(H4,25,26,27). The van der Waals surface area contributed by atoms with Crippen molar-refractivity contribution in [2.75, 3.05) is 13.1 Å². The van der Waals surface area contributed by atoms with Crippen molar-refractivity contribution >= 4 is 29.7 Å². The first-order valence-electron chi connectivity index (χ1n) is 11.6. The van der Waals surface area contributed by atoms with E-state index in [9.17, 15) is 24.3 Å². The zero-order valence-corrected chi connectivity index (χ0v) is 19.9. The van der Waals surface area contributed by atoms with Gasteiger partial charge in [-0.3, -0.25) is 19.4 Å². The van der Waals surface area contributed by atoms with Crippen molar-refractivity contribution < 1.29 is 24.3 Å². The van der Waals surface area contributed by atoms with Crippen molar-refractivity contribution in [1.82, 2.24) is 15.5 Å². The van der Waals surface area contributed by atoms with Gasteiger partial charge in [-0.15, -0.1) is 0 Å². The molecule has 192 valence electrons. The van der Waals surface area contributed by atoms with Gasteiger partial charge in [0.15, 0.2) is 5.96 Å². The van der Waals surface area contributed by atoms with Crippen LogP contribution in [0.3, 0.4) is 0 Å². The van der Waals surface area contributed by atoms with Gasteiger partial charge in [0.25, 0.3) is 0 Å². The average Bonchev–Trinajstić information content (AvgIpc) is 3.30. The molecular weight excluding hydrogens is 454 g/mol. The van der Waals surface area contributed by atoms with E-state index >= 15 is 0 Å². The van der Waals surface area contributed by atoms with Gasteiger partial charge in [-0.25, -0.2) is 4.79 Å². The predicted molar refractivity (Wildman–Crippen MR) is 130 cm³/mol. The molecule has 12 heteroatoms. The monoisotopic (exact) mass is 489 g/mol. The number of guanidine groups is 1. The summed E-state index contributed by atoms with van der Waals surface area (Å²) in [7, 11) is 0. The van der Waals surface area contributed by atoms with Crippen LogP contribution >= 0.6 is 0 Å². The molecule has 4 unspecified atom stereocenters. The molecule has 1 aliphatic rings. The summed E-state index contributed by atoms with van der Waals surface area (Å²) in [6.45, 7) is 2.07. The molecule has 35 heavy (non-hydrogen) atoms. The molecule has 9 N–H and O–H groups in total. The lowest BCUT2D eigenvalue weighted by Gasteiger charge is -2.30. The van der Waals surface area contributed by atoms with E-state index in [2.05, 4.69) is 15.6 Å². The van der Waals surface area contributed by atoms with E-state index in [0.717, 1.165) is 5.56 Å². The number of carboxylic acids is 1. The maximum atomic E-state index is 13.5. The maximum Gasteiger partial charge on any atom is 0.326 e. The quantitative estimate of drug-likeness (QED) is 0.118. The van der Waals surface area contributed by atoms with E-state index in [1.165, 1.54) is 11.8 Å². The summed E-state index contributed by atoms with van der Waals surface area (Å²) in [6.07, 6.45) is 1.67. The SMILES string of the molecule is CC(N)C(=O)NC(Cc1ccccc1)C(=O)N1CCCC1C(=O)NC(CCCN=C(N)N)C(=O)O. The largest absolute Gasteiger partial charge is 0.480 e. The smallest absolute Gasteiger partial charge is 0.326 e. The molecule has 0 aromatic heterocycles. The van der Waals surface area contributed by atoms with E-state index < -0.39 is 47.9 Å². The molecule has 1 heterocycles. The van der Waals surface area contributed by atoms with Crippen LogP contribution < -0.4 is 27.8 Å². The predicted octanol–water partition coefficient (Wildman–Crippen LogP) is -1.32. The lowest BCUT2D eigenvalue weighted by molar-refractivity contribution is -0.145. The number of rotatable bonds is 12. The first kappa shape index (κ1) is 27.6. The van der Waals surface area contributed by atoms with E-state index in [-0.39, 0.29) is 25.3 Å². The number of carbonyl (C=O) groups is 4. The molecule has 1 aromatic carbocycles. The second-order valence-electron chi connectivity index (χ2n) is 8.58. The number of carboxylic acid groups (broad SMARTS) is 1. The Morgan fingerprint density at radius 3 is 2.43 bits per heavy atom. The second-order valence-corrected chi connectivity index (χ2v) is 8.58. The number of hydrogen-bond donors (Lipinski definition) is 6. The summed E-state index contributed by atoms with van der Waals surface area (Å²) in [5, 5.41) is 14.7. The van der Waals surface area contributed by atoms with Crippen LogP contribution in [0.25, 0.3) is 0 Å². The number of carbonyl (C=O) groups excluding carboxylic acids is 3. The number of benzene rings is 1. The molecule has 0 bridgehead atoms. The van der Waals surface area contributed by atoms with Gasteiger partial charge in [-0.1, -0.05) is 30.3 Å². The van der Waals surface area contributed by atoms with Crippen LogP contribution in [0.5, 0.6) is 0 Å². The Morgan fingerprint density at radius 1 is 1.14 bits per heavy atom. The van der Waals surface area contributed by atoms with Crippen molar-refractivity contribution in [3.8, 4) is 0 Å². The van der Waals surface area contributed by atoms with Crippen molar-refractivity contribution in [2.24, 2.45) is 22.2 Å². The summed E-state index contributed by atoms with van der Waals surface area (Å²) in [4.78, 5) is 55.6. The van der Waals surface area contributed by atoms with Gasteiger partial charge in [0.1, 0.15) is 18.1 Å². The van der Waals surface area contributed by atoms with Gasteiger partial charge >= 0.3 is 5.97 Å². The van der Waals surface area contributed by atoms with Crippen LogP contribution in [0, 0.1) is 0 Å². The van der Waals surface area contributed by atoms with Gasteiger partial charge in [0, 0.05) is 19.5 Å². The zero-order chi connectivity index (χ0) is 26.0. The minimum atomic E-state index is -1.19. The molecular formula is C23H35N7O5. The van der Waals surface area contributed by atoms with Crippen molar-refractivity contribution in [2.45, 2.75) is 63.2 Å². The summed E-state index contributed by atoms with van der Waals surface area (Å²) in [5.41, 5.74) is 17.0. The minimum absolute atomic E-state index is 0.0952. The molecule has 0 aliphatic carbocycles. The highest BCUT2D eigenvalue weighted by Crippen LogP contribution is 2.20. The summed E-state index contributed by atoms with van der Waals surface area (Å²) in [5.74, 6) is -2.74. The zero-order valence-electron chi connectivity index (χ0n) is 19.9. The van der Waals surface area contributed by atoms with Gasteiger partial charge in [-0.05, 0) is 38.2 Å².